The third kappa shape index (κ3) is 1.97. The van der Waals surface area contributed by atoms with Gasteiger partial charge in [-0.05, 0) is 59.8 Å². The number of halogens is 3. The first kappa shape index (κ1) is 14.3. The summed E-state index contributed by atoms with van der Waals surface area (Å²) in [6.07, 6.45) is 5.54. The number of hydrogen-bond acceptors (Lipinski definition) is 2. The van der Waals surface area contributed by atoms with Crippen LogP contribution in [0.1, 0.15) is 43.5 Å². The number of nitrogens with zero attached hydrogens (tertiary/aromatic N) is 2. The molecule has 2 aliphatic rings. The van der Waals surface area contributed by atoms with Gasteiger partial charge in [0.15, 0.2) is 6.23 Å². The van der Waals surface area contributed by atoms with Gasteiger partial charge in [0.1, 0.15) is 0 Å². The molecule has 1 aliphatic heterocycles. The number of benzene rings is 1. The summed E-state index contributed by atoms with van der Waals surface area (Å²) in [5.74, 6) is -2.93. The highest BCUT2D eigenvalue weighted by atomic mass is 79.9. The number of rotatable bonds is 1. The standard InChI is InChI=1S/C16H15BrF2N2O/c1-9-7-16(18,19)11-6-12-10(15(17)14(9)11)8-20-21(12)13-4-2-3-5-22-13/h6-8,13H,2-5H2,1H3. The molecule has 0 N–H and O–H groups in total. The quantitative estimate of drug-likeness (QED) is 0.707. The first-order valence-corrected chi connectivity index (χ1v) is 8.18. The van der Waals surface area contributed by atoms with Gasteiger partial charge in [-0.15, -0.1) is 0 Å². The van der Waals surface area contributed by atoms with Crippen LogP contribution in [0.5, 0.6) is 0 Å². The lowest BCUT2D eigenvalue weighted by Gasteiger charge is -2.24. The molecule has 1 aromatic carbocycles. The third-order valence-electron chi connectivity index (χ3n) is 4.42. The van der Waals surface area contributed by atoms with E-state index in [-0.39, 0.29) is 11.8 Å². The number of hydrogen-bond donors (Lipinski definition) is 0. The lowest BCUT2D eigenvalue weighted by atomic mass is 10.0. The Hall–Kier alpha value is -1.27. The van der Waals surface area contributed by atoms with Gasteiger partial charge in [-0.3, -0.25) is 0 Å². The number of fused-ring (bicyclic) bond motifs is 2. The highest BCUT2D eigenvalue weighted by Crippen LogP contribution is 2.48. The Labute approximate surface area is 135 Å². The van der Waals surface area contributed by atoms with E-state index < -0.39 is 5.92 Å². The van der Waals surface area contributed by atoms with Crippen LogP contribution in [-0.4, -0.2) is 16.4 Å². The molecule has 1 atom stereocenters. The number of aromatic nitrogens is 2. The van der Waals surface area contributed by atoms with Crippen molar-refractivity contribution in [1.82, 2.24) is 9.78 Å². The van der Waals surface area contributed by atoms with Crippen LogP contribution in [0.25, 0.3) is 16.5 Å². The summed E-state index contributed by atoms with van der Waals surface area (Å²) in [5, 5.41) is 5.24. The van der Waals surface area contributed by atoms with E-state index >= 15 is 0 Å². The second-order valence-corrected chi connectivity index (χ2v) is 6.70. The van der Waals surface area contributed by atoms with Crippen LogP contribution in [0.15, 0.2) is 22.8 Å². The van der Waals surface area contributed by atoms with E-state index in [4.69, 9.17) is 4.74 Å². The van der Waals surface area contributed by atoms with Gasteiger partial charge in [-0.25, -0.2) is 4.68 Å². The molecule has 116 valence electrons. The summed E-state index contributed by atoms with van der Waals surface area (Å²) in [5.41, 5.74) is 1.92. The normalized spacial score (nSPS) is 23.6. The molecule has 6 heteroatoms. The average molecular weight is 369 g/mol. The van der Waals surface area contributed by atoms with Crippen molar-refractivity contribution in [3.63, 3.8) is 0 Å². The molecular weight excluding hydrogens is 354 g/mol. The zero-order valence-electron chi connectivity index (χ0n) is 12.1. The van der Waals surface area contributed by atoms with Crippen LogP contribution < -0.4 is 0 Å². The number of alkyl halides is 2. The van der Waals surface area contributed by atoms with Crippen molar-refractivity contribution in [2.75, 3.05) is 6.61 Å². The van der Waals surface area contributed by atoms with Crippen molar-refractivity contribution in [2.45, 2.75) is 38.3 Å². The van der Waals surface area contributed by atoms with Crippen LogP contribution in [0.4, 0.5) is 8.78 Å². The Bertz CT molecular complexity index is 791. The lowest BCUT2D eigenvalue weighted by molar-refractivity contribution is -0.0367. The van der Waals surface area contributed by atoms with E-state index in [1.807, 2.05) is 0 Å². The maximum Gasteiger partial charge on any atom is 0.292 e. The fourth-order valence-electron chi connectivity index (χ4n) is 3.36. The van der Waals surface area contributed by atoms with Crippen LogP contribution in [0.2, 0.25) is 0 Å². The van der Waals surface area contributed by atoms with Crippen molar-refractivity contribution in [3.05, 3.63) is 33.9 Å². The first-order chi connectivity index (χ1) is 10.5. The van der Waals surface area contributed by atoms with Gasteiger partial charge in [-0.1, -0.05) is 0 Å². The predicted octanol–water partition coefficient (Wildman–Crippen LogP) is 5.01. The summed E-state index contributed by atoms with van der Waals surface area (Å²) in [7, 11) is 0. The summed E-state index contributed by atoms with van der Waals surface area (Å²) in [6.45, 7) is 2.40. The summed E-state index contributed by atoms with van der Waals surface area (Å²) in [4.78, 5) is 0. The molecule has 1 fully saturated rings. The van der Waals surface area contributed by atoms with Crippen molar-refractivity contribution in [3.8, 4) is 0 Å². The summed E-state index contributed by atoms with van der Waals surface area (Å²) in [6, 6.07) is 1.56. The molecule has 2 heterocycles. The molecule has 22 heavy (non-hydrogen) atoms. The molecule has 0 spiro atoms. The van der Waals surface area contributed by atoms with E-state index in [1.165, 1.54) is 0 Å². The molecule has 4 rings (SSSR count). The molecule has 1 saturated heterocycles. The van der Waals surface area contributed by atoms with E-state index in [2.05, 4.69) is 21.0 Å². The van der Waals surface area contributed by atoms with Crippen LogP contribution >= 0.6 is 15.9 Å². The highest BCUT2D eigenvalue weighted by molar-refractivity contribution is 9.10. The third-order valence-corrected chi connectivity index (χ3v) is 5.24. The molecule has 3 nitrogen and oxygen atoms in total. The number of ether oxygens (including phenoxy) is 1. The zero-order chi connectivity index (χ0) is 15.5. The van der Waals surface area contributed by atoms with Gasteiger partial charge in [0.25, 0.3) is 5.92 Å². The molecule has 1 aliphatic carbocycles. The van der Waals surface area contributed by atoms with Gasteiger partial charge in [0.2, 0.25) is 0 Å². The maximum atomic E-state index is 14.2. The highest BCUT2D eigenvalue weighted by Gasteiger charge is 2.39. The van der Waals surface area contributed by atoms with E-state index in [1.54, 1.807) is 23.9 Å². The minimum Gasteiger partial charge on any atom is -0.356 e. The fourth-order valence-corrected chi connectivity index (χ4v) is 4.19. The van der Waals surface area contributed by atoms with Crippen LogP contribution in [-0.2, 0) is 10.7 Å². The zero-order valence-corrected chi connectivity index (χ0v) is 13.7. The SMILES string of the molecule is CC1=CC(F)(F)c2cc3c(cnn3C3CCCCO3)c(Br)c21. The lowest BCUT2D eigenvalue weighted by Crippen LogP contribution is -2.19. The monoisotopic (exact) mass is 368 g/mol. The Kier molecular flexibility index (Phi) is 3.17. The summed E-state index contributed by atoms with van der Waals surface area (Å²) >= 11 is 3.49. The average Bonchev–Trinajstić information content (AvgIpc) is 3.00. The molecule has 0 amide bonds. The van der Waals surface area contributed by atoms with Gasteiger partial charge in [0, 0.05) is 27.6 Å². The van der Waals surface area contributed by atoms with Crippen LogP contribution in [0, 0.1) is 0 Å². The van der Waals surface area contributed by atoms with Crippen molar-refractivity contribution in [2.24, 2.45) is 0 Å². The molecule has 1 aromatic heterocycles. The second-order valence-electron chi connectivity index (χ2n) is 5.91. The Balaban J connectivity index is 1.93. The van der Waals surface area contributed by atoms with Gasteiger partial charge < -0.3 is 4.74 Å². The van der Waals surface area contributed by atoms with Gasteiger partial charge in [0.05, 0.1) is 11.7 Å². The maximum absolute atomic E-state index is 14.2. The van der Waals surface area contributed by atoms with E-state index in [0.29, 0.717) is 27.7 Å². The second kappa shape index (κ2) is 4.86. The smallest absolute Gasteiger partial charge is 0.292 e. The van der Waals surface area contributed by atoms with E-state index in [0.717, 1.165) is 30.7 Å². The van der Waals surface area contributed by atoms with E-state index in [9.17, 15) is 8.78 Å². The molecule has 0 radical (unpaired) electrons. The molecule has 2 aromatic rings. The first-order valence-electron chi connectivity index (χ1n) is 7.38. The topological polar surface area (TPSA) is 27.1 Å². The molecule has 0 bridgehead atoms. The molecule has 0 saturated carbocycles. The van der Waals surface area contributed by atoms with Crippen molar-refractivity contribution < 1.29 is 13.5 Å². The largest absolute Gasteiger partial charge is 0.356 e. The number of allylic oxidation sites excluding steroid dienone is 2. The van der Waals surface area contributed by atoms with Crippen molar-refractivity contribution in [1.29, 1.82) is 0 Å². The fraction of sp³-hybridized carbons (Fsp3) is 0.438. The Morgan fingerprint density at radius 1 is 1.41 bits per heavy atom. The van der Waals surface area contributed by atoms with Gasteiger partial charge in [-0.2, -0.15) is 13.9 Å². The molecule has 1 unspecified atom stereocenters. The minimum atomic E-state index is -2.93. The Morgan fingerprint density at radius 3 is 2.95 bits per heavy atom. The van der Waals surface area contributed by atoms with Crippen LogP contribution in [0.3, 0.4) is 0 Å². The van der Waals surface area contributed by atoms with Crippen molar-refractivity contribution >= 4 is 32.4 Å². The van der Waals surface area contributed by atoms with Gasteiger partial charge >= 0.3 is 0 Å². The summed E-state index contributed by atoms with van der Waals surface area (Å²) < 4.78 is 36.6. The Morgan fingerprint density at radius 2 is 2.23 bits per heavy atom. The predicted molar refractivity (Wildman–Crippen MR) is 83.8 cm³/mol. The molecular formula is C16H15BrF2N2O. The minimum absolute atomic E-state index is 0.0435.